The molecule has 0 saturated carbocycles. The Morgan fingerprint density at radius 2 is 1.87 bits per heavy atom. The van der Waals surface area contributed by atoms with E-state index in [1.54, 1.807) is 6.07 Å². The summed E-state index contributed by atoms with van der Waals surface area (Å²) in [5.74, 6) is -0.533. The first-order chi connectivity index (χ1) is 7.09. The van der Waals surface area contributed by atoms with Crippen molar-refractivity contribution in [3.05, 3.63) is 33.5 Å². The van der Waals surface area contributed by atoms with Gasteiger partial charge in [0.15, 0.2) is 0 Å². The second kappa shape index (κ2) is 3.79. The van der Waals surface area contributed by atoms with Gasteiger partial charge >= 0.3 is 0 Å². The molecule has 2 rings (SSSR count). The van der Waals surface area contributed by atoms with Gasteiger partial charge in [-0.3, -0.25) is 14.5 Å². The highest BCUT2D eigenvalue weighted by molar-refractivity contribution is 7.16. The van der Waals surface area contributed by atoms with Crippen molar-refractivity contribution in [1.29, 1.82) is 0 Å². The maximum atomic E-state index is 11.4. The molecule has 1 atom stereocenters. The van der Waals surface area contributed by atoms with E-state index in [2.05, 4.69) is 0 Å². The first-order valence-electron chi connectivity index (χ1n) is 4.40. The zero-order valence-electron chi connectivity index (χ0n) is 7.94. The van der Waals surface area contributed by atoms with Crippen molar-refractivity contribution in [3.63, 3.8) is 0 Å². The summed E-state index contributed by atoms with van der Waals surface area (Å²) in [4.78, 5) is 24.9. The molecule has 2 heterocycles. The monoisotopic (exact) mass is 241 g/mol. The Morgan fingerprint density at radius 3 is 2.33 bits per heavy atom. The summed E-state index contributed by atoms with van der Waals surface area (Å²) in [6, 6.07) is 3.34. The highest BCUT2D eigenvalue weighted by atomic mass is 35.5. The lowest BCUT2D eigenvalue weighted by molar-refractivity contribution is -0.139. The summed E-state index contributed by atoms with van der Waals surface area (Å²) in [6.07, 6.45) is 2.57. The number of rotatable bonds is 2. The topological polar surface area (TPSA) is 37.4 Å². The molecule has 1 unspecified atom stereocenters. The molecule has 0 N–H and O–H groups in total. The van der Waals surface area contributed by atoms with Crippen molar-refractivity contribution < 1.29 is 9.59 Å². The van der Waals surface area contributed by atoms with Crippen molar-refractivity contribution in [2.24, 2.45) is 0 Å². The molecule has 78 valence electrons. The van der Waals surface area contributed by atoms with Crippen LogP contribution in [0.1, 0.15) is 17.8 Å². The standard InChI is InChI=1S/C10H8ClNO2S/c1-6(7-2-3-8(11)15-7)12-9(13)4-5-10(12)14/h2-6H,1H3. The molecule has 0 radical (unpaired) electrons. The van der Waals surface area contributed by atoms with Crippen LogP contribution in [0.2, 0.25) is 4.34 Å². The molecule has 0 spiro atoms. The number of amides is 2. The molecule has 0 aliphatic carbocycles. The van der Waals surface area contributed by atoms with Gasteiger partial charge in [-0.25, -0.2) is 0 Å². The Morgan fingerprint density at radius 1 is 1.27 bits per heavy atom. The molecule has 1 aromatic heterocycles. The van der Waals surface area contributed by atoms with Gasteiger partial charge < -0.3 is 0 Å². The molecule has 3 nitrogen and oxygen atoms in total. The van der Waals surface area contributed by atoms with Crippen LogP contribution in [0.4, 0.5) is 0 Å². The number of thiophene rings is 1. The van der Waals surface area contributed by atoms with Gasteiger partial charge in [0.05, 0.1) is 10.4 Å². The van der Waals surface area contributed by atoms with E-state index < -0.39 is 0 Å². The van der Waals surface area contributed by atoms with E-state index in [-0.39, 0.29) is 17.9 Å². The predicted octanol–water partition coefficient (Wildman–Crippen LogP) is 2.39. The van der Waals surface area contributed by atoms with Crippen LogP contribution in [0.5, 0.6) is 0 Å². The number of carbonyl (C=O) groups excluding carboxylic acids is 2. The van der Waals surface area contributed by atoms with E-state index in [0.29, 0.717) is 4.34 Å². The molecular weight excluding hydrogens is 234 g/mol. The van der Waals surface area contributed by atoms with E-state index >= 15 is 0 Å². The summed E-state index contributed by atoms with van der Waals surface area (Å²) < 4.78 is 0.656. The van der Waals surface area contributed by atoms with E-state index in [0.717, 1.165) is 4.88 Å². The Labute approximate surface area is 96.0 Å². The predicted molar refractivity (Wildman–Crippen MR) is 58.7 cm³/mol. The zero-order valence-corrected chi connectivity index (χ0v) is 9.51. The fourth-order valence-corrected chi connectivity index (χ4v) is 2.58. The molecule has 0 saturated heterocycles. The molecule has 5 heteroatoms. The largest absolute Gasteiger partial charge is 0.269 e. The van der Waals surface area contributed by atoms with Gasteiger partial charge in [-0.2, -0.15) is 0 Å². The Bertz CT molecular complexity index is 434. The van der Waals surface area contributed by atoms with Gasteiger partial charge in [-0.15, -0.1) is 11.3 Å². The third-order valence-electron chi connectivity index (χ3n) is 2.24. The fourth-order valence-electron chi connectivity index (χ4n) is 1.47. The van der Waals surface area contributed by atoms with Crippen LogP contribution >= 0.6 is 22.9 Å². The minimum absolute atomic E-state index is 0.252. The lowest BCUT2D eigenvalue weighted by atomic mass is 10.2. The highest BCUT2D eigenvalue weighted by Gasteiger charge is 2.29. The summed E-state index contributed by atoms with van der Waals surface area (Å²) in [5.41, 5.74) is 0. The second-order valence-electron chi connectivity index (χ2n) is 3.20. The molecule has 0 aromatic carbocycles. The van der Waals surface area contributed by atoms with Crippen molar-refractivity contribution in [2.75, 3.05) is 0 Å². The number of imide groups is 1. The van der Waals surface area contributed by atoms with Crippen LogP contribution in [0, 0.1) is 0 Å². The Balaban J connectivity index is 2.25. The zero-order chi connectivity index (χ0) is 11.0. The average Bonchev–Trinajstić information content (AvgIpc) is 2.73. The lowest BCUT2D eigenvalue weighted by Gasteiger charge is -2.20. The summed E-state index contributed by atoms with van der Waals surface area (Å²) in [5, 5.41) is 0. The molecule has 0 fully saturated rings. The molecule has 15 heavy (non-hydrogen) atoms. The van der Waals surface area contributed by atoms with Crippen molar-refractivity contribution >= 4 is 34.8 Å². The smallest absolute Gasteiger partial charge is 0.254 e. The van der Waals surface area contributed by atoms with Crippen molar-refractivity contribution in [2.45, 2.75) is 13.0 Å². The van der Waals surface area contributed by atoms with E-state index in [4.69, 9.17) is 11.6 Å². The molecule has 2 amide bonds. The number of hydrogen-bond acceptors (Lipinski definition) is 3. The van der Waals surface area contributed by atoms with Crippen LogP contribution in [0.25, 0.3) is 0 Å². The quantitative estimate of drug-likeness (QED) is 0.746. The summed E-state index contributed by atoms with van der Waals surface area (Å²) in [7, 11) is 0. The van der Waals surface area contributed by atoms with Crippen LogP contribution in [0.15, 0.2) is 24.3 Å². The molecule has 1 aliphatic rings. The Kier molecular flexibility index (Phi) is 2.63. The van der Waals surface area contributed by atoms with Crippen LogP contribution in [-0.4, -0.2) is 16.7 Å². The normalized spacial score (nSPS) is 17.6. The number of hydrogen-bond donors (Lipinski definition) is 0. The molecule has 1 aromatic rings. The molecule has 0 bridgehead atoms. The first kappa shape index (κ1) is 10.4. The van der Waals surface area contributed by atoms with E-state index in [9.17, 15) is 9.59 Å². The van der Waals surface area contributed by atoms with Crippen molar-refractivity contribution in [1.82, 2.24) is 4.90 Å². The molecular formula is C10H8ClNO2S. The highest BCUT2D eigenvalue weighted by Crippen LogP contribution is 2.31. The van der Waals surface area contributed by atoms with E-state index in [1.807, 2.05) is 13.0 Å². The lowest BCUT2D eigenvalue weighted by Crippen LogP contribution is -2.32. The maximum absolute atomic E-state index is 11.4. The summed E-state index contributed by atoms with van der Waals surface area (Å²) in [6.45, 7) is 1.81. The third-order valence-corrected chi connectivity index (χ3v) is 3.64. The average molecular weight is 242 g/mol. The molecule has 1 aliphatic heterocycles. The van der Waals surface area contributed by atoms with Crippen molar-refractivity contribution in [3.8, 4) is 0 Å². The second-order valence-corrected chi connectivity index (χ2v) is 4.94. The van der Waals surface area contributed by atoms with Crippen LogP contribution in [0.3, 0.4) is 0 Å². The SMILES string of the molecule is CC(c1ccc(Cl)s1)N1C(=O)C=CC1=O. The summed E-state index contributed by atoms with van der Waals surface area (Å²) >= 11 is 7.18. The first-order valence-corrected chi connectivity index (χ1v) is 5.59. The van der Waals surface area contributed by atoms with E-state index in [1.165, 1.54) is 28.4 Å². The van der Waals surface area contributed by atoms with Crippen LogP contribution < -0.4 is 0 Å². The van der Waals surface area contributed by atoms with Gasteiger partial charge in [0, 0.05) is 17.0 Å². The number of halogens is 1. The van der Waals surface area contributed by atoms with Gasteiger partial charge in [0.1, 0.15) is 0 Å². The Hall–Kier alpha value is -1.13. The maximum Gasteiger partial charge on any atom is 0.254 e. The third kappa shape index (κ3) is 1.82. The van der Waals surface area contributed by atoms with Gasteiger partial charge in [0.2, 0.25) is 0 Å². The van der Waals surface area contributed by atoms with Crippen LogP contribution in [-0.2, 0) is 9.59 Å². The fraction of sp³-hybridized carbons (Fsp3) is 0.200. The van der Waals surface area contributed by atoms with Gasteiger partial charge in [0.25, 0.3) is 11.8 Å². The van der Waals surface area contributed by atoms with Gasteiger partial charge in [-0.05, 0) is 19.1 Å². The minimum Gasteiger partial charge on any atom is -0.269 e. The van der Waals surface area contributed by atoms with Gasteiger partial charge in [-0.1, -0.05) is 11.6 Å². The number of nitrogens with zero attached hydrogens (tertiary/aromatic N) is 1. The minimum atomic E-state index is -0.267. The number of carbonyl (C=O) groups is 2.